The maximum atomic E-state index is 11.4. The molecule has 0 aromatic carbocycles. The van der Waals surface area contributed by atoms with E-state index in [0.29, 0.717) is 6.42 Å². The number of carbonyl (C=O) groups excluding carboxylic acids is 1. The van der Waals surface area contributed by atoms with Crippen LogP contribution in [0.5, 0.6) is 0 Å². The summed E-state index contributed by atoms with van der Waals surface area (Å²) in [6.45, 7) is 3.74. The Bertz CT molecular complexity index is 282. The van der Waals surface area contributed by atoms with E-state index >= 15 is 0 Å². The molecule has 0 spiro atoms. The number of furan rings is 1. The first-order chi connectivity index (χ1) is 6.65. The molecule has 0 fully saturated rings. The van der Waals surface area contributed by atoms with Gasteiger partial charge in [-0.15, -0.1) is 0 Å². The highest BCUT2D eigenvalue weighted by Crippen LogP contribution is 2.12. The fourth-order valence-corrected chi connectivity index (χ4v) is 1.11. The maximum absolute atomic E-state index is 11.4. The van der Waals surface area contributed by atoms with E-state index in [2.05, 4.69) is 5.32 Å². The average Bonchev–Trinajstić information content (AvgIpc) is 2.69. The Morgan fingerprint density at radius 3 is 2.93 bits per heavy atom. The van der Waals surface area contributed by atoms with Gasteiger partial charge in [-0.1, -0.05) is 6.92 Å². The molecule has 4 heteroatoms. The van der Waals surface area contributed by atoms with Crippen molar-refractivity contribution in [3.63, 3.8) is 0 Å². The highest BCUT2D eigenvalue weighted by atomic mass is 16.3. The summed E-state index contributed by atoms with van der Waals surface area (Å²) in [5.74, 6) is 0.595. The Labute approximate surface area is 83.5 Å². The predicted octanol–water partition coefficient (Wildman–Crippen LogP) is 1.19. The molecule has 0 aliphatic heterocycles. The quantitative estimate of drug-likeness (QED) is 0.760. The van der Waals surface area contributed by atoms with Crippen molar-refractivity contribution in [1.82, 2.24) is 5.32 Å². The van der Waals surface area contributed by atoms with Gasteiger partial charge in [-0.2, -0.15) is 0 Å². The molecule has 0 unspecified atom stereocenters. The summed E-state index contributed by atoms with van der Waals surface area (Å²) in [6, 6.07) is 3.04. The zero-order valence-corrected chi connectivity index (χ0v) is 8.49. The molecular formula is C10H16N2O2. The number of nitrogens with two attached hydrogens (primary N) is 1. The van der Waals surface area contributed by atoms with Gasteiger partial charge in [0.25, 0.3) is 0 Å². The number of rotatable bonds is 4. The lowest BCUT2D eigenvalue weighted by Gasteiger charge is -2.14. The second-order valence-electron chi connectivity index (χ2n) is 3.26. The lowest BCUT2D eigenvalue weighted by Crippen LogP contribution is -2.41. The molecule has 0 aliphatic carbocycles. The SMILES string of the molecule is CC[C@@H](N)C(=O)N[C@@H](C)c1ccco1. The maximum Gasteiger partial charge on any atom is 0.237 e. The summed E-state index contributed by atoms with van der Waals surface area (Å²) in [5, 5.41) is 2.78. The minimum Gasteiger partial charge on any atom is -0.467 e. The van der Waals surface area contributed by atoms with E-state index in [1.807, 2.05) is 19.9 Å². The lowest BCUT2D eigenvalue weighted by atomic mass is 10.2. The van der Waals surface area contributed by atoms with Crippen LogP contribution in [0.2, 0.25) is 0 Å². The van der Waals surface area contributed by atoms with Crippen LogP contribution in [-0.4, -0.2) is 11.9 Å². The van der Waals surface area contributed by atoms with E-state index in [1.54, 1.807) is 12.3 Å². The van der Waals surface area contributed by atoms with Gasteiger partial charge in [0.05, 0.1) is 18.3 Å². The molecule has 1 rings (SSSR count). The molecule has 0 radical (unpaired) electrons. The molecule has 1 amide bonds. The van der Waals surface area contributed by atoms with Crippen molar-refractivity contribution >= 4 is 5.91 Å². The zero-order valence-electron chi connectivity index (χ0n) is 8.49. The smallest absolute Gasteiger partial charge is 0.237 e. The van der Waals surface area contributed by atoms with Crippen LogP contribution in [0.4, 0.5) is 0 Å². The van der Waals surface area contributed by atoms with Crippen molar-refractivity contribution in [1.29, 1.82) is 0 Å². The largest absolute Gasteiger partial charge is 0.467 e. The molecule has 1 aromatic rings. The van der Waals surface area contributed by atoms with Crippen molar-refractivity contribution < 1.29 is 9.21 Å². The lowest BCUT2D eigenvalue weighted by molar-refractivity contribution is -0.123. The standard InChI is InChI=1S/C10H16N2O2/c1-3-8(11)10(13)12-7(2)9-5-4-6-14-9/h4-8H,3,11H2,1-2H3,(H,12,13)/t7-,8+/m0/s1. The molecule has 0 saturated carbocycles. The molecule has 0 aliphatic rings. The minimum atomic E-state index is -0.438. The Morgan fingerprint density at radius 2 is 2.43 bits per heavy atom. The summed E-state index contributed by atoms with van der Waals surface area (Å²) in [7, 11) is 0. The van der Waals surface area contributed by atoms with E-state index in [0.717, 1.165) is 5.76 Å². The number of hydrogen-bond donors (Lipinski definition) is 2. The van der Waals surface area contributed by atoms with Gasteiger partial charge >= 0.3 is 0 Å². The monoisotopic (exact) mass is 196 g/mol. The molecule has 4 nitrogen and oxygen atoms in total. The molecule has 0 bridgehead atoms. The molecule has 14 heavy (non-hydrogen) atoms. The van der Waals surface area contributed by atoms with Crippen molar-refractivity contribution in [2.75, 3.05) is 0 Å². The van der Waals surface area contributed by atoms with Gasteiger partial charge in [-0.25, -0.2) is 0 Å². The summed E-state index contributed by atoms with van der Waals surface area (Å²) in [5.41, 5.74) is 5.58. The van der Waals surface area contributed by atoms with Crippen LogP contribution in [0.25, 0.3) is 0 Å². The van der Waals surface area contributed by atoms with Gasteiger partial charge in [0.1, 0.15) is 5.76 Å². The van der Waals surface area contributed by atoms with Crippen molar-refractivity contribution in [3.8, 4) is 0 Å². The van der Waals surface area contributed by atoms with Gasteiger partial charge in [-0.05, 0) is 25.5 Å². The first-order valence-corrected chi connectivity index (χ1v) is 4.74. The molecule has 78 valence electrons. The number of nitrogens with one attached hydrogen (secondary N) is 1. The van der Waals surface area contributed by atoms with E-state index < -0.39 is 6.04 Å². The molecular weight excluding hydrogens is 180 g/mol. The zero-order chi connectivity index (χ0) is 10.6. The van der Waals surface area contributed by atoms with Crippen LogP contribution in [0.3, 0.4) is 0 Å². The van der Waals surface area contributed by atoms with Crippen molar-refractivity contribution in [2.45, 2.75) is 32.4 Å². The Balaban J connectivity index is 2.49. The third-order valence-electron chi connectivity index (χ3n) is 2.11. The van der Waals surface area contributed by atoms with Crippen LogP contribution in [0.15, 0.2) is 22.8 Å². The average molecular weight is 196 g/mol. The molecule has 1 aromatic heterocycles. The van der Waals surface area contributed by atoms with Crippen LogP contribution >= 0.6 is 0 Å². The number of hydrogen-bond acceptors (Lipinski definition) is 3. The van der Waals surface area contributed by atoms with E-state index in [4.69, 9.17) is 10.2 Å². The summed E-state index contributed by atoms with van der Waals surface area (Å²) in [4.78, 5) is 11.4. The van der Waals surface area contributed by atoms with E-state index in [-0.39, 0.29) is 11.9 Å². The van der Waals surface area contributed by atoms with Gasteiger partial charge in [0.15, 0.2) is 0 Å². The first kappa shape index (κ1) is 10.8. The third kappa shape index (κ3) is 2.60. The van der Waals surface area contributed by atoms with Gasteiger partial charge < -0.3 is 15.5 Å². The normalized spacial score (nSPS) is 14.8. The van der Waals surface area contributed by atoms with Crippen LogP contribution in [-0.2, 0) is 4.79 Å². The predicted molar refractivity (Wildman–Crippen MR) is 53.5 cm³/mol. The second kappa shape index (κ2) is 4.81. The van der Waals surface area contributed by atoms with Crippen LogP contribution in [0, 0.1) is 0 Å². The Kier molecular flexibility index (Phi) is 3.71. The number of carbonyl (C=O) groups is 1. The van der Waals surface area contributed by atoms with Gasteiger partial charge in [-0.3, -0.25) is 4.79 Å². The van der Waals surface area contributed by atoms with Gasteiger partial charge in [0.2, 0.25) is 5.91 Å². The Morgan fingerprint density at radius 1 is 1.71 bits per heavy atom. The fraction of sp³-hybridized carbons (Fsp3) is 0.500. The van der Waals surface area contributed by atoms with Crippen LogP contribution < -0.4 is 11.1 Å². The molecule has 3 N–H and O–H groups in total. The summed E-state index contributed by atoms with van der Waals surface area (Å²) in [6.07, 6.45) is 2.22. The van der Waals surface area contributed by atoms with E-state index in [9.17, 15) is 4.79 Å². The van der Waals surface area contributed by atoms with Gasteiger partial charge in [0, 0.05) is 0 Å². The molecule has 0 saturated heterocycles. The topological polar surface area (TPSA) is 68.3 Å². The summed E-state index contributed by atoms with van der Waals surface area (Å²) < 4.78 is 5.15. The molecule has 1 heterocycles. The summed E-state index contributed by atoms with van der Waals surface area (Å²) >= 11 is 0. The number of amides is 1. The second-order valence-corrected chi connectivity index (χ2v) is 3.26. The van der Waals surface area contributed by atoms with Crippen LogP contribution in [0.1, 0.15) is 32.1 Å². The third-order valence-corrected chi connectivity index (χ3v) is 2.11. The first-order valence-electron chi connectivity index (χ1n) is 4.74. The highest BCUT2D eigenvalue weighted by Gasteiger charge is 2.15. The highest BCUT2D eigenvalue weighted by molar-refractivity contribution is 5.81. The molecule has 2 atom stereocenters. The fourth-order valence-electron chi connectivity index (χ4n) is 1.11. The van der Waals surface area contributed by atoms with Crippen molar-refractivity contribution in [2.24, 2.45) is 5.73 Å². The minimum absolute atomic E-state index is 0.130. The Hall–Kier alpha value is -1.29. The van der Waals surface area contributed by atoms with E-state index in [1.165, 1.54) is 0 Å². The van der Waals surface area contributed by atoms with Crippen molar-refractivity contribution in [3.05, 3.63) is 24.2 Å².